The first-order valence-corrected chi connectivity index (χ1v) is 6.19. The molecule has 2 heterocycles. The molecule has 0 atom stereocenters. The molecular formula is C13H20N2O2. The predicted octanol–water partition coefficient (Wildman–Crippen LogP) is 1.66. The molecule has 1 fully saturated rings. The number of piperidine rings is 1. The van der Waals surface area contributed by atoms with E-state index in [0.717, 1.165) is 38.2 Å². The highest BCUT2D eigenvalue weighted by Crippen LogP contribution is 2.19. The number of amides is 1. The lowest BCUT2D eigenvalue weighted by molar-refractivity contribution is 0.0690. The summed E-state index contributed by atoms with van der Waals surface area (Å²) in [5.41, 5.74) is 0.676. The van der Waals surface area contributed by atoms with E-state index in [9.17, 15) is 4.79 Å². The van der Waals surface area contributed by atoms with Gasteiger partial charge in [-0.15, -0.1) is 0 Å². The Morgan fingerprint density at radius 2 is 2.24 bits per heavy atom. The second-order valence-corrected chi connectivity index (χ2v) is 4.74. The minimum absolute atomic E-state index is 0.102. The number of carbonyl (C=O) groups excluding carboxylic acids is 1. The van der Waals surface area contributed by atoms with Crippen LogP contribution in [0, 0.1) is 12.8 Å². The van der Waals surface area contributed by atoms with Gasteiger partial charge in [0.25, 0.3) is 5.91 Å². The van der Waals surface area contributed by atoms with Crippen molar-refractivity contribution in [2.45, 2.75) is 19.8 Å². The number of likely N-dealkylation sites (tertiary alicyclic amines) is 1. The Bertz CT molecular complexity index is 379. The normalized spacial score (nSPS) is 17.4. The monoisotopic (exact) mass is 236 g/mol. The highest BCUT2D eigenvalue weighted by Gasteiger charge is 2.23. The second kappa shape index (κ2) is 5.36. The van der Waals surface area contributed by atoms with Crippen molar-refractivity contribution in [1.82, 2.24) is 10.2 Å². The van der Waals surface area contributed by atoms with Crippen molar-refractivity contribution in [2.75, 3.05) is 26.7 Å². The summed E-state index contributed by atoms with van der Waals surface area (Å²) in [7, 11) is 1.98. The second-order valence-electron chi connectivity index (χ2n) is 4.74. The molecule has 1 saturated heterocycles. The first-order chi connectivity index (χ1) is 8.20. The summed E-state index contributed by atoms with van der Waals surface area (Å²) in [5.74, 6) is 1.60. The molecule has 1 aliphatic heterocycles. The quantitative estimate of drug-likeness (QED) is 0.868. The molecule has 0 bridgehead atoms. The summed E-state index contributed by atoms with van der Waals surface area (Å²) in [6.45, 7) is 4.62. The molecule has 4 heteroatoms. The van der Waals surface area contributed by atoms with Crippen LogP contribution in [0.5, 0.6) is 0 Å². The van der Waals surface area contributed by atoms with Gasteiger partial charge in [-0.2, -0.15) is 0 Å². The Morgan fingerprint density at radius 3 is 2.76 bits per heavy atom. The van der Waals surface area contributed by atoms with Crippen LogP contribution in [0.15, 0.2) is 16.7 Å². The van der Waals surface area contributed by atoms with E-state index >= 15 is 0 Å². The first kappa shape index (κ1) is 12.2. The minimum Gasteiger partial charge on any atom is -0.469 e. The summed E-state index contributed by atoms with van der Waals surface area (Å²) in [6, 6.07) is 1.81. The smallest absolute Gasteiger partial charge is 0.257 e. The molecule has 4 nitrogen and oxygen atoms in total. The van der Waals surface area contributed by atoms with Gasteiger partial charge in [-0.25, -0.2) is 0 Å². The number of nitrogens with one attached hydrogen (secondary N) is 1. The number of furan rings is 1. The predicted molar refractivity (Wildman–Crippen MR) is 66.0 cm³/mol. The lowest BCUT2D eigenvalue weighted by Gasteiger charge is -2.31. The van der Waals surface area contributed by atoms with Crippen LogP contribution in [0.4, 0.5) is 0 Å². The van der Waals surface area contributed by atoms with Gasteiger partial charge in [-0.05, 0) is 45.3 Å². The van der Waals surface area contributed by atoms with Gasteiger partial charge in [0, 0.05) is 13.1 Å². The molecule has 0 spiro atoms. The SMILES string of the molecule is CNCC1CCN(C(=O)c2coc(C)c2)CC1. The Balaban J connectivity index is 1.90. The van der Waals surface area contributed by atoms with Gasteiger partial charge < -0.3 is 14.6 Å². The van der Waals surface area contributed by atoms with Crippen LogP contribution in [-0.4, -0.2) is 37.5 Å². The summed E-state index contributed by atoms with van der Waals surface area (Å²) in [6.07, 6.45) is 3.73. The van der Waals surface area contributed by atoms with Crippen molar-refractivity contribution < 1.29 is 9.21 Å². The van der Waals surface area contributed by atoms with Crippen LogP contribution in [0.3, 0.4) is 0 Å². The maximum atomic E-state index is 12.1. The van der Waals surface area contributed by atoms with Crippen molar-refractivity contribution >= 4 is 5.91 Å². The number of aryl methyl sites for hydroxylation is 1. The van der Waals surface area contributed by atoms with Crippen molar-refractivity contribution in [3.05, 3.63) is 23.7 Å². The van der Waals surface area contributed by atoms with Crippen molar-refractivity contribution in [3.63, 3.8) is 0 Å². The van der Waals surface area contributed by atoms with Crippen LogP contribution in [0.2, 0.25) is 0 Å². The Labute approximate surface area is 102 Å². The zero-order valence-corrected chi connectivity index (χ0v) is 10.5. The lowest BCUT2D eigenvalue weighted by atomic mass is 9.96. The number of hydrogen-bond acceptors (Lipinski definition) is 3. The molecule has 0 aliphatic carbocycles. The molecule has 0 aromatic carbocycles. The lowest BCUT2D eigenvalue weighted by Crippen LogP contribution is -2.40. The fraction of sp³-hybridized carbons (Fsp3) is 0.615. The number of rotatable bonds is 3. The molecule has 0 unspecified atom stereocenters. The van der Waals surface area contributed by atoms with Crippen molar-refractivity contribution in [2.24, 2.45) is 5.92 Å². The average molecular weight is 236 g/mol. The molecule has 1 aliphatic rings. The maximum absolute atomic E-state index is 12.1. The van der Waals surface area contributed by atoms with E-state index < -0.39 is 0 Å². The highest BCUT2D eigenvalue weighted by molar-refractivity contribution is 5.94. The maximum Gasteiger partial charge on any atom is 0.257 e. The Kier molecular flexibility index (Phi) is 3.84. The first-order valence-electron chi connectivity index (χ1n) is 6.19. The van der Waals surface area contributed by atoms with Crippen molar-refractivity contribution in [3.8, 4) is 0 Å². The van der Waals surface area contributed by atoms with E-state index in [1.807, 2.05) is 24.9 Å². The Morgan fingerprint density at radius 1 is 1.53 bits per heavy atom. The van der Waals surface area contributed by atoms with E-state index in [0.29, 0.717) is 11.5 Å². The summed E-state index contributed by atoms with van der Waals surface area (Å²) in [5, 5.41) is 3.20. The fourth-order valence-corrected chi connectivity index (χ4v) is 2.37. The molecule has 17 heavy (non-hydrogen) atoms. The molecule has 0 radical (unpaired) electrons. The van der Waals surface area contributed by atoms with Crippen LogP contribution in [0.25, 0.3) is 0 Å². The fourth-order valence-electron chi connectivity index (χ4n) is 2.37. The molecule has 0 saturated carbocycles. The number of nitrogens with zero attached hydrogens (tertiary/aromatic N) is 1. The van der Waals surface area contributed by atoms with Crippen LogP contribution < -0.4 is 5.32 Å². The highest BCUT2D eigenvalue weighted by atomic mass is 16.3. The van der Waals surface area contributed by atoms with Gasteiger partial charge in [0.05, 0.1) is 5.56 Å². The molecule has 1 aromatic rings. The summed E-state index contributed by atoms with van der Waals surface area (Å²) >= 11 is 0. The zero-order valence-electron chi connectivity index (χ0n) is 10.5. The van der Waals surface area contributed by atoms with Crippen LogP contribution >= 0.6 is 0 Å². The van der Waals surface area contributed by atoms with Gasteiger partial charge in [0.2, 0.25) is 0 Å². The van der Waals surface area contributed by atoms with Gasteiger partial charge in [-0.3, -0.25) is 4.79 Å². The molecular weight excluding hydrogens is 216 g/mol. The molecule has 1 N–H and O–H groups in total. The van der Waals surface area contributed by atoms with E-state index in [1.54, 1.807) is 6.26 Å². The van der Waals surface area contributed by atoms with E-state index in [2.05, 4.69) is 5.32 Å². The van der Waals surface area contributed by atoms with Gasteiger partial charge in [0.1, 0.15) is 12.0 Å². The standard InChI is InChI=1S/C13H20N2O2/c1-10-7-12(9-17-10)13(16)15-5-3-11(4-6-15)8-14-2/h7,9,11,14H,3-6,8H2,1-2H3. The minimum atomic E-state index is 0.102. The third kappa shape index (κ3) is 2.88. The van der Waals surface area contributed by atoms with Gasteiger partial charge >= 0.3 is 0 Å². The van der Waals surface area contributed by atoms with E-state index in [4.69, 9.17) is 4.42 Å². The molecule has 94 valence electrons. The largest absolute Gasteiger partial charge is 0.469 e. The molecule has 1 aromatic heterocycles. The summed E-state index contributed by atoms with van der Waals surface area (Å²) < 4.78 is 5.18. The molecule has 2 rings (SSSR count). The zero-order chi connectivity index (χ0) is 12.3. The summed E-state index contributed by atoms with van der Waals surface area (Å²) in [4.78, 5) is 14.1. The molecule has 1 amide bonds. The van der Waals surface area contributed by atoms with E-state index in [1.165, 1.54) is 0 Å². The van der Waals surface area contributed by atoms with Crippen molar-refractivity contribution in [1.29, 1.82) is 0 Å². The number of carbonyl (C=O) groups is 1. The van der Waals surface area contributed by atoms with Crippen LogP contribution in [0.1, 0.15) is 29.0 Å². The third-order valence-corrected chi connectivity index (χ3v) is 3.37. The van der Waals surface area contributed by atoms with Gasteiger partial charge in [-0.1, -0.05) is 0 Å². The Hall–Kier alpha value is -1.29. The topological polar surface area (TPSA) is 45.5 Å². The third-order valence-electron chi connectivity index (χ3n) is 3.37. The van der Waals surface area contributed by atoms with E-state index in [-0.39, 0.29) is 5.91 Å². The van der Waals surface area contributed by atoms with Crippen LogP contribution in [-0.2, 0) is 0 Å². The van der Waals surface area contributed by atoms with Gasteiger partial charge in [0.15, 0.2) is 0 Å². The number of hydrogen-bond donors (Lipinski definition) is 1. The average Bonchev–Trinajstić information content (AvgIpc) is 2.76.